The third-order valence-electron chi connectivity index (χ3n) is 3.22. The van der Waals surface area contributed by atoms with E-state index in [-0.39, 0.29) is 44.6 Å². The third kappa shape index (κ3) is 11.1. The summed E-state index contributed by atoms with van der Waals surface area (Å²) in [4.78, 5) is 64.0. The second kappa shape index (κ2) is 15.3. The maximum absolute atomic E-state index is 11.2. The van der Waals surface area contributed by atoms with Crippen LogP contribution in [0.25, 0.3) is 0 Å². The fraction of sp³-hybridized carbons (Fsp3) is 0.667. The van der Waals surface area contributed by atoms with Crippen LogP contribution in [0.4, 0.5) is 0 Å². The molecule has 0 aromatic carbocycles. The lowest BCUT2D eigenvalue weighted by Crippen LogP contribution is -2.30. The number of hydrogen-bond acceptors (Lipinski definition) is 11. The van der Waals surface area contributed by atoms with Gasteiger partial charge in [-0.25, -0.2) is 14.4 Å². The van der Waals surface area contributed by atoms with Crippen LogP contribution in [0.3, 0.4) is 0 Å². The molecule has 2 rings (SSSR count). The number of hydrogen-bond donors (Lipinski definition) is 0. The quantitative estimate of drug-likeness (QED) is 0.244. The number of carbonyl (C=O) groups excluding carboxylic acids is 6. The van der Waals surface area contributed by atoms with E-state index in [2.05, 4.69) is 14.2 Å². The van der Waals surface area contributed by atoms with Gasteiger partial charge in [0.2, 0.25) is 0 Å². The molecule has 29 heavy (non-hydrogen) atoms. The molecule has 1 unspecified atom stereocenters. The van der Waals surface area contributed by atoms with E-state index in [4.69, 9.17) is 9.47 Å². The first-order valence-electron chi connectivity index (χ1n) is 9.03. The minimum absolute atomic E-state index is 0.00349. The highest BCUT2D eigenvalue weighted by Gasteiger charge is 2.36. The summed E-state index contributed by atoms with van der Waals surface area (Å²) in [7, 11) is 0. The van der Waals surface area contributed by atoms with E-state index in [1.165, 1.54) is 0 Å². The second-order valence-electron chi connectivity index (χ2n) is 5.40. The average Bonchev–Trinajstić information content (AvgIpc) is 3.33. The number of Topliss-reactive ketones (excluding diaryl/α,β-unsaturated/α-hetero) is 3. The average molecular weight is 418 g/mol. The summed E-state index contributed by atoms with van der Waals surface area (Å²) in [5.41, 5.74) is 0. The summed E-state index contributed by atoms with van der Waals surface area (Å²) >= 11 is 0. The highest BCUT2D eigenvalue weighted by molar-refractivity contribution is 6.38. The molecular weight excluding hydrogens is 392 g/mol. The normalized spacial score (nSPS) is 17.3. The Bertz CT molecular complexity index is 573. The van der Waals surface area contributed by atoms with Crippen LogP contribution in [0.15, 0.2) is 0 Å². The monoisotopic (exact) mass is 418 g/mol. The van der Waals surface area contributed by atoms with Crippen LogP contribution in [0.2, 0.25) is 0 Å². The van der Waals surface area contributed by atoms with E-state index in [0.29, 0.717) is 19.6 Å². The Labute approximate surface area is 167 Å². The maximum Gasteiger partial charge on any atom is 0.417 e. The van der Waals surface area contributed by atoms with Gasteiger partial charge in [0.05, 0.1) is 33.0 Å². The number of carbonyl (C=O) groups is 6. The second-order valence-corrected chi connectivity index (χ2v) is 5.40. The van der Waals surface area contributed by atoms with Crippen molar-refractivity contribution in [3.63, 3.8) is 0 Å². The molecule has 0 bridgehead atoms. The SMILES string of the molecule is CCOC(=O)C(=O)C1COCC1=O.CCOC(=O)C(=O)OCC.O=C1CCOC1. The first-order chi connectivity index (χ1) is 13.8. The molecule has 0 aromatic rings. The fourth-order valence-corrected chi connectivity index (χ4v) is 1.86. The molecule has 0 aromatic heterocycles. The standard InChI is InChI=1S/C8H10O5.C6H10O4.C4H6O2/c1-2-13-8(11)7(10)5-3-12-4-6(5)9;1-3-9-5(7)6(8)10-4-2;5-4-1-2-6-3-4/h5H,2-4H2,1H3;3-4H2,1-2H3;1-3H2. The van der Waals surface area contributed by atoms with Crippen LogP contribution in [-0.2, 0) is 52.5 Å². The van der Waals surface area contributed by atoms with Crippen LogP contribution >= 0.6 is 0 Å². The summed E-state index contributed by atoms with van der Waals surface area (Å²) < 4.78 is 22.6. The van der Waals surface area contributed by atoms with Gasteiger partial charge in [0.1, 0.15) is 19.1 Å². The molecule has 11 nitrogen and oxygen atoms in total. The number of ketones is 3. The van der Waals surface area contributed by atoms with Crippen molar-refractivity contribution in [2.75, 3.05) is 46.2 Å². The predicted molar refractivity (Wildman–Crippen MR) is 94.7 cm³/mol. The van der Waals surface area contributed by atoms with Crippen molar-refractivity contribution in [2.24, 2.45) is 5.92 Å². The van der Waals surface area contributed by atoms with E-state index in [1.54, 1.807) is 20.8 Å². The largest absolute Gasteiger partial charge is 0.460 e. The zero-order valence-corrected chi connectivity index (χ0v) is 16.7. The van der Waals surface area contributed by atoms with Gasteiger partial charge < -0.3 is 23.7 Å². The van der Waals surface area contributed by atoms with E-state index in [1.807, 2.05) is 0 Å². The Morgan fingerprint density at radius 3 is 1.66 bits per heavy atom. The van der Waals surface area contributed by atoms with Gasteiger partial charge in [0, 0.05) is 6.42 Å². The lowest BCUT2D eigenvalue weighted by Gasteiger charge is -2.03. The highest BCUT2D eigenvalue weighted by atomic mass is 16.6. The molecule has 0 N–H and O–H groups in total. The van der Waals surface area contributed by atoms with Crippen LogP contribution in [0.5, 0.6) is 0 Å². The minimum atomic E-state index is -0.952. The molecule has 2 saturated heterocycles. The fourth-order valence-electron chi connectivity index (χ4n) is 1.86. The van der Waals surface area contributed by atoms with Crippen LogP contribution in [-0.4, -0.2) is 81.5 Å². The Hall–Kier alpha value is -2.66. The Morgan fingerprint density at radius 1 is 0.828 bits per heavy atom. The van der Waals surface area contributed by atoms with E-state index >= 15 is 0 Å². The van der Waals surface area contributed by atoms with Gasteiger partial charge in [0.25, 0.3) is 5.78 Å². The van der Waals surface area contributed by atoms with Crippen LogP contribution < -0.4 is 0 Å². The van der Waals surface area contributed by atoms with Crippen molar-refractivity contribution in [3.05, 3.63) is 0 Å². The molecule has 164 valence electrons. The molecule has 11 heteroatoms. The molecule has 0 radical (unpaired) electrons. The molecule has 2 heterocycles. The molecular formula is C18H26O11. The van der Waals surface area contributed by atoms with Gasteiger partial charge in [-0.05, 0) is 20.8 Å². The Morgan fingerprint density at radius 2 is 1.34 bits per heavy atom. The Kier molecular flexibility index (Phi) is 13.9. The zero-order valence-electron chi connectivity index (χ0n) is 16.7. The van der Waals surface area contributed by atoms with Crippen molar-refractivity contribution in [2.45, 2.75) is 27.2 Å². The minimum Gasteiger partial charge on any atom is -0.460 e. The molecule has 2 aliphatic heterocycles. The number of esters is 3. The number of ether oxygens (including phenoxy) is 5. The van der Waals surface area contributed by atoms with Crippen molar-refractivity contribution in [1.29, 1.82) is 0 Å². The lowest BCUT2D eigenvalue weighted by atomic mass is 10.0. The van der Waals surface area contributed by atoms with E-state index in [9.17, 15) is 28.8 Å². The highest BCUT2D eigenvalue weighted by Crippen LogP contribution is 2.10. The molecule has 2 aliphatic rings. The van der Waals surface area contributed by atoms with Gasteiger partial charge in [-0.1, -0.05) is 0 Å². The number of rotatable bonds is 5. The third-order valence-corrected chi connectivity index (χ3v) is 3.22. The van der Waals surface area contributed by atoms with Crippen molar-refractivity contribution in [3.8, 4) is 0 Å². The van der Waals surface area contributed by atoms with Gasteiger partial charge in [-0.3, -0.25) is 14.4 Å². The Balaban J connectivity index is 0.000000433. The lowest BCUT2D eigenvalue weighted by molar-refractivity contribution is -0.167. The molecule has 0 aliphatic carbocycles. The van der Waals surface area contributed by atoms with Gasteiger partial charge in [-0.2, -0.15) is 0 Å². The predicted octanol–water partition coefficient (Wildman–Crippen LogP) is -0.577. The summed E-state index contributed by atoms with van der Waals surface area (Å²) in [5.74, 6) is -4.67. The topological polar surface area (TPSA) is 149 Å². The van der Waals surface area contributed by atoms with Gasteiger partial charge in [0.15, 0.2) is 11.6 Å². The van der Waals surface area contributed by atoms with E-state index in [0.717, 1.165) is 0 Å². The van der Waals surface area contributed by atoms with Crippen molar-refractivity contribution in [1.82, 2.24) is 0 Å². The zero-order chi connectivity index (χ0) is 22.2. The molecule has 0 saturated carbocycles. The van der Waals surface area contributed by atoms with Gasteiger partial charge >= 0.3 is 17.9 Å². The van der Waals surface area contributed by atoms with Crippen LogP contribution in [0.1, 0.15) is 27.2 Å². The van der Waals surface area contributed by atoms with Crippen molar-refractivity contribution >= 4 is 35.3 Å². The summed E-state index contributed by atoms with van der Waals surface area (Å²) in [6.07, 6.45) is 0.625. The molecule has 0 amide bonds. The summed E-state index contributed by atoms with van der Waals surface area (Å²) in [6, 6.07) is 0. The van der Waals surface area contributed by atoms with Gasteiger partial charge in [-0.15, -0.1) is 0 Å². The van der Waals surface area contributed by atoms with Crippen LogP contribution in [0, 0.1) is 5.92 Å². The van der Waals surface area contributed by atoms with Crippen molar-refractivity contribution < 1.29 is 52.5 Å². The maximum atomic E-state index is 11.2. The first kappa shape index (κ1) is 26.3. The molecule has 1 atom stereocenters. The smallest absolute Gasteiger partial charge is 0.417 e. The summed E-state index contributed by atoms with van der Waals surface area (Å²) in [6.45, 7) is 6.25. The first-order valence-corrected chi connectivity index (χ1v) is 9.03. The molecule has 2 fully saturated rings. The molecule has 0 spiro atoms. The summed E-state index contributed by atoms with van der Waals surface area (Å²) in [5, 5.41) is 0. The van der Waals surface area contributed by atoms with E-state index < -0.39 is 29.6 Å².